The van der Waals surface area contributed by atoms with Gasteiger partial charge < -0.3 is 18.9 Å². The van der Waals surface area contributed by atoms with Crippen LogP contribution in [0.2, 0.25) is 0 Å². The third-order valence-corrected chi connectivity index (χ3v) is 5.35. The van der Waals surface area contributed by atoms with Crippen LogP contribution in [0.25, 0.3) is 0 Å². The van der Waals surface area contributed by atoms with Crippen LogP contribution in [0.5, 0.6) is 0 Å². The van der Waals surface area contributed by atoms with Crippen LogP contribution in [-0.2, 0) is 20.8 Å². The molecule has 1 unspecified atom stereocenters. The number of nitrogens with zero attached hydrogens (tertiary/aromatic N) is 2. The minimum absolute atomic E-state index is 0.0410. The lowest BCUT2D eigenvalue weighted by atomic mass is 9.99. The van der Waals surface area contributed by atoms with Gasteiger partial charge in [-0.05, 0) is 52.5 Å². The number of ketones is 1. The molecular formula is C23H38N2O5. The van der Waals surface area contributed by atoms with E-state index in [-0.39, 0.29) is 17.6 Å². The molecule has 0 aliphatic carbocycles. The molecule has 1 aromatic rings. The van der Waals surface area contributed by atoms with Gasteiger partial charge in [0.15, 0.2) is 5.78 Å². The smallest absolute Gasteiger partial charge is 0.354 e. The van der Waals surface area contributed by atoms with Crippen LogP contribution in [0, 0.1) is 19.8 Å². The van der Waals surface area contributed by atoms with Gasteiger partial charge in [-0.1, -0.05) is 13.8 Å². The molecule has 30 heavy (non-hydrogen) atoms. The first-order chi connectivity index (χ1) is 14.1. The van der Waals surface area contributed by atoms with E-state index in [1.165, 1.54) is 7.11 Å². The maximum atomic E-state index is 13.5. The average Bonchev–Trinajstić information content (AvgIpc) is 2.95. The molecule has 0 aliphatic heterocycles. The Labute approximate surface area is 180 Å². The Morgan fingerprint density at radius 3 is 2.23 bits per heavy atom. The van der Waals surface area contributed by atoms with E-state index in [0.29, 0.717) is 56.0 Å². The first-order valence-corrected chi connectivity index (χ1v) is 10.8. The molecule has 1 rings (SSSR count). The number of carbonyl (C=O) groups is 3. The van der Waals surface area contributed by atoms with Crippen LogP contribution in [0.4, 0.5) is 0 Å². The lowest BCUT2D eigenvalue weighted by molar-refractivity contribution is -0.133. The highest BCUT2D eigenvalue weighted by Gasteiger charge is 2.32. The zero-order chi connectivity index (χ0) is 23.0. The Hall–Kier alpha value is -2.15. The maximum Gasteiger partial charge on any atom is 0.354 e. The predicted molar refractivity (Wildman–Crippen MR) is 117 cm³/mol. The molecule has 0 radical (unpaired) electrons. The van der Waals surface area contributed by atoms with Crippen LogP contribution in [-0.4, -0.2) is 60.0 Å². The maximum absolute atomic E-state index is 13.5. The number of carbonyl (C=O) groups excluding carboxylic acids is 3. The lowest BCUT2D eigenvalue weighted by Gasteiger charge is -2.29. The van der Waals surface area contributed by atoms with E-state index in [4.69, 9.17) is 9.47 Å². The summed E-state index contributed by atoms with van der Waals surface area (Å²) >= 11 is 0. The van der Waals surface area contributed by atoms with Gasteiger partial charge in [0.2, 0.25) is 5.91 Å². The number of esters is 1. The normalized spacial score (nSPS) is 12.2. The van der Waals surface area contributed by atoms with Crippen molar-refractivity contribution in [2.75, 3.05) is 26.9 Å². The van der Waals surface area contributed by atoms with Crippen LogP contribution in [0.3, 0.4) is 0 Å². The second-order valence-corrected chi connectivity index (χ2v) is 7.95. The molecule has 7 heteroatoms. The van der Waals surface area contributed by atoms with Gasteiger partial charge in [0.1, 0.15) is 5.69 Å². The van der Waals surface area contributed by atoms with Crippen LogP contribution in [0.1, 0.15) is 79.6 Å². The van der Waals surface area contributed by atoms with Gasteiger partial charge in [0, 0.05) is 44.0 Å². The molecule has 0 saturated heterocycles. The average molecular weight is 423 g/mol. The van der Waals surface area contributed by atoms with Crippen LogP contribution < -0.4 is 0 Å². The summed E-state index contributed by atoms with van der Waals surface area (Å²) in [7, 11) is 1.33. The third-order valence-electron chi connectivity index (χ3n) is 5.35. The molecule has 1 aromatic heterocycles. The predicted octanol–water partition coefficient (Wildman–Crippen LogP) is 3.78. The fraction of sp³-hybridized carbons (Fsp3) is 0.696. The van der Waals surface area contributed by atoms with Gasteiger partial charge in [-0.3, -0.25) is 9.59 Å². The van der Waals surface area contributed by atoms with E-state index in [1.54, 1.807) is 23.3 Å². The van der Waals surface area contributed by atoms with Crippen molar-refractivity contribution >= 4 is 17.7 Å². The van der Waals surface area contributed by atoms with Crippen molar-refractivity contribution in [1.29, 1.82) is 0 Å². The number of hydrogen-bond acceptors (Lipinski definition) is 5. The van der Waals surface area contributed by atoms with Gasteiger partial charge in [-0.15, -0.1) is 0 Å². The molecule has 1 atom stereocenters. The Morgan fingerprint density at radius 1 is 1.10 bits per heavy atom. The van der Waals surface area contributed by atoms with E-state index in [2.05, 4.69) is 0 Å². The summed E-state index contributed by atoms with van der Waals surface area (Å²) in [6.07, 6.45) is 1.05. The standard InChI is InChI=1S/C23H38N2O5/c1-9-24-17(6)20(16(5)21(24)23(28)29-8)22(27)18(7)25(12-11-13-30-10-2)19(26)14-15(3)4/h15,18H,9-14H2,1-8H3. The molecule has 1 amide bonds. The van der Waals surface area contributed by atoms with E-state index in [9.17, 15) is 14.4 Å². The van der Waals surface area contributed by atoms with Crippen molar-refractivity contribution in [3.8, 4) is 0 Å². The van der Waals surface area contributed by atoms with E-state index in [0.717, 1.165) is 5.69 Å². The summed E-state index contributed by atoms with van der Waals surface area (Å²) in [5.41, 5.74) is 2.21. The number of methoxy groups -OCH3 is 1. The summed E-state index contributed by atoms with van der Waals surface area (Å²) in [5.74, 6) is -0.463. The molecule has 7 nitrogen and oxygen atoms in total. The van der Waals surface area contributed by atoms with Crippen molar-refractivity contribution in [2.45, 2.75) is 73.9 Å². The van der Waals surface area contributed by atoms with Gasteiger partial charge in [-0.25, -0.2) is 4.79 Å². The molecule has 0 aromatic carbocycles. The molecular weight excluding hydrogens is 384 g/mol. The number of Topliss-reactive ketones (excluding diaryl/α,β-unsaturated/α-hetero) is 1. The first-order valence-electron chi connectivity index (χ1n) is 10.8. The monoisotopic (exact) mass is 422 g/mol. The third kappa shape index (κ3) is 5.94. The fourth-order valence-corrected chi connectivity index (χ4v) is 3.85. The number of hydrogen-bond donors (Lipinski definition) is 0. The van der Waals surface area contributed by atoms with E-state index >= 15 is 0 Å². The van der Waals surface area contributed by atoms with Gasteiger partial charge in [-0.2, -0.15) is 0 Å². The van der Waals surface area contributed by atoms with E-state index in [1.807, 2.05) is 34.6 Å². The van der Waals surface area contributed by atoms with Gasteiger partial charge in [0.25, 0.3) is 0 Å². The molecule has 170 valence electrons. The Balaban J connectivity index is 3.28. The van der Waals surface area contributed by atoms with Crippen molar-refractivity contribution in [2.24, 2.45) is 5.92 Å². The SMILES string of the molecule is CCOCCCN(C(=O)CC(C)C)C(C)C(=O)c1c(C)c(C(=O)OC)n(CC)c1C. The number of rotatable bonds is 12. The lowest BCUT2D eigenvalue weighted by Crippen LogP contribution is -2.44. The summed E-state index contributed by atoms with van der Waals surface area (Å²) in [6.45, 7) is 15.3. The molecule has 1 heterocycles. The molecule has 0 bridgehead atoms. The van der Waals surface area contributed by atoms with E-state index < -0.39 is 12.0 Å². The second-order valence-electron chi connectivity index (χ2n) is 7.95. The second kappa shape index (κ2) is 11.9. The summed E-state index contributed by atoms with van der Waals surface area (Å²) in [4.78, 5) is 40.4. The van der Waals surface area contributed by atoms with Crippen LogP contribution >= 0.6 is 0 Å². The first kappa shape index (κ1) is 25.9. The highest BCUT2D eigenvalue weighted by Crippen LogP contribution is 2.26. The Bertz CT molecular complexity index is 751. The van der Waals surface area contributed by atoms with Crippen molar-refractivity contribution in [3.63, 3.8) is 0 Å². The van der Waals surface area contributed by atoms with Gasteiger partial charge >= 0.3 is 5.97 Å². The fourth-order valence-electron chi connectivity index (χ4n) is 3.85. The van der Waals surface area contributed by atoms with Crippen molar-refractivity contribution < 1.29 is 23.9 Å². The number of amides is 1. The van der Waals surface area contributed by atoms with Crippen molar-refractivity contribution in [3.05, 3.63) is 22.5 Å². The topological polar surface area (TPSA) is 77.8 Å². The number of aromatic nitrogens is 1. The Kier molecular flexibility index (Phi) is 10.3. The van der Waals surface area contributed by atoms with Gasteiger partial charge in [0.05, 0.1) is 13.2 Å². The summed E-state index contributed by atoms with van der Waals surface area (Å²) in [6, 6.07) is -0.631. The number of ether oxygens (including phenoxy) is 2. The zero-order valence-electron chi connectivity index (χ0n) is 19.8. The molecule has 0 N–H and O–H groups in total. The zero-order valence-corrected chi connectivity index (χ0v) is 19.8. The quantitative estimate of drug-likeness (QED) is 0.291. The minimum atomic E-state index is -0.631. The Morgan fingerprint density at radius 2 is 1.73 bits per heavy atom. The molecule has 0 spiro atoms. The highest BCUT2D eigenvalue weighted by atomic mass is 16.5. The summed E-state index contributed by atoms with van der Waals surface area (Å²) < 4.78 is 12.1. The van der Waals surface area contributed by atoms with Crippen molar-refractivity contribution in [1.82, 2.24) is 9.47 Å². The minimum Gasteiger partial charge on any atom is -0.464 e. The molecule has 0 fully saturated rings. The molecule has 0 aliphatic rings. The molecule has 0 saturated carbocycles. The summed E-state index contributed by atoms with van der Waals surface area (Å²) in [5, 5.41) is 0. The van der Waals surface area contributed by atoms with Crippen LogP contribution in [0.15, 0.2) is 0 Å². The largest absolute Gasteiger partial charge is 0.464 e. The highest BCUT2D eigenvalue weighted by molar-refractivity contribution is 6.06.